The SMILES string of the molecule is O=C1c2ccccc2-n2nc3ccccc3c21. The number of carbonyl (C=O) groups excluding carboxylic acids is 1. The number of nitrogens with zero attached hydrogens (tertiary/aromatic N) is 2. The summed E-state index contributed by atoms with van der Waals surface area (Å²) < 4.78 is 1.75. The highest BCUT2D eigenvalue weighted by Gasteiger charge is 2.29. The molecule has 0 aliphatic carbocycles. The summed E-state index contributed by atoms with van der Waals surface area (Å²) in [4.78, 5) is 12.3. The number of hydrogen-bond acceptors (Lipinski definition) is 2. The fraction of sp³-hybridized carbons (Fsp3) is 0. The lowest BCUT2D eigenvalue weighted by Gasteiger charge is -1.96. The van der Waals surface area contributed by atoms with Crippen molar-refractivity contribution in [1.29, 1.82) is 0 Å². The average molecular weight is 220 g/mol. The summed E-state index contributed by atoms with van der Waals surface area (Å²) in [7, 11) is 0. The van der Waals surface area contributed by atoms with Crippen molar-refractivity contribution >= 4 is 16.7 Å². The highest BCUT2D eigenvalue weighted by molar-refractivity contribution is 6.19. The molecule has 17 heavy (non-hydrogen) atoms. The van der Waals surface area contributed by atoms with Crippen molar-refractivity contribution in [1.82, 2.24) is 9.78 Å². The summed E-state index contributed by atoms with van der Waals surface area (Å²) in [5.41, 5.74) is 3.16. The van der Waals surface area contributed by atoms with Gasteiger partial charge in [0.25, 0.3) is 0 Å². The van der Waals surface area contributed by atoms with E-state index in [-0.39, 0.29) is 5.78 Å². The second-order valence-corrected chi connectivity index (χ2v) is 4.12. The Balaban J connectivity index is 2.19. The van der Waals surface area contributed by atoms with Gasteiger partial charge in [-0.15, -0.1) is 0 Å². The molecular formula is C14H8N2O. The van der Waals surface area contributed by atoms with Gasteiger partial charge in [0.05, 0.1) is 11.2 Å². The summed E-state index contributed by atoms with van der Waals surface area (Å²) in [6, 6.07) is 15.3. The number of benzene rings is 2. The molecular weight excluding hydrogens is 212 g/mol. The van der Waals surface area contributed by atoms with Crippen LogP contribution in [-0.4, -0.2) is 15.6 Å². The molecule has 2 aromatic carbocycles. The van der Waals surface area contributed by atoms with E-state index in [0.29, 0.717) is 5.69 Å². The molecule has 0 amide bonds. The van der Waals surface area contributed by atoms with Crippen LogP contribution in [-0.2, 0) is 0 Å². The molecule has 3 nitrogen and oxygen atoms in total. The van der Waals surface area contributed by atoms with E-state index in [1.807, 2.05) is 48.5 Å². The van der Waals surface area contributed by atoms with Gasteiger partial charge in [0.15, 0.2) is 0 Å². The number of aromatic nitrogens is 2. The molecule has 1 aliphatic heterocycles. The zero-order valence-electron chi connectivity index (χ0n) is 8.92. The standard InChI is InChI=1S/C14H8N2O/c17-14-10-6-2-4-8-12(10)16-13(14)9-5-1-3-7-11(9)15-16/h1-8H. The van der Waals surface area contributed by atoms with Crippen LogP contribution in [0, 0.1) is 0 Å². The van der Waals surface area contributed by atoms with Crippen LogP contribution in [0.4, 0.5) is 0 Å². The van der Waals surface area contributed by atoms with Crippen molar-refractivity contribution in [2.75, 3.05) is 0 Å². The van der Waals surface area contributed by atoms with E-state index in [1.165, 1.54) is 0 Å². The summed E-state index contributed by atoms with van der Waals surface area (Å²) in [5, 5.41) is 5.41. The molecule has 0 radical (unpaired) electrons. The maximum Gasteiger partial charge on any atom is 0.214 e. The van der Waals surface area contributed by atoms with Crippen LogP contribution in [0.5, 0.6) is 0 Å². The number of fused-ring (bicyclic) bond motifs is 5. The van der Waals surface area contributed by atoms with E-state index < -0.39 is 0 Å². The number of hydrogen-bond donors (Lipinski definition) is 0. The second-order valence-electron chi connectivity index (χ2n) is 4.12. The third-order valence-electron chi connectivity index (χ3n) is 3.17. The summed E-state index contributed by atoms with van der Waals surface area (Å²) >= 11 is 0. The topological polar surface area (TPSA) is 34.9 Å². The predicted molar refractivity (Wildman–Crippen MR) is 64.5 cm³/mol. The Kier molecular flexibility index (Phi) is 1.45. The Morgan fingerprint density at radius 1 is 0.941 bits per heavy atom. The molecule has 1 aliphatic rings. The smallest absolute Gasteiger partial charge is 0.214 e. The lowest BCUT2D eigenvalue weighted by Crippen LogP contribution is -1.96. The Morgan fingerprint density at radius 3 is 2.65 bits per heavy atom. The molecule has 80 valence electrons. The molecule has 0 spiro atoms. The van der Waals surface area contributed by atoms with Crippen molar-refractivity contribution in [2.24, 2.45) is 0 Å². The Morgan fingerprint density at radius 2 is 1.71 bits per heavy atom. The normalized spacial score (nSPS) is 12.8. The fourth-order valence-corrected chi connectivity index (χ4v) is 2.40. The first-order valence-electron chi connectivity index (χ1n) is 5.48. The van der Waals surface area contributed by atoms with E-state index in [2.05, 4.69) is 5.10 Å². The second kappa shape index (κ2) is 2.83. The Hall–Kier alpha value is -2.42. The van der Waals surface area contributed by atoms with Gasteiger partial charge in [-0.25, -0.2) is 4.68 Å². The van der Waals surface area contributed by atoms with E-state index in [4.69, 9.17) is 0 Å². The van der Waals surface area contributed by atoms with Crippen molar-refractivity contribution in [3.63, 3.8) is 0 Å². The minimum Gasteiger partial charge on any atom is -0.287 e. The van der Waals surface area contributed by atoms with E-state index >= 15 is 0 Å². The molecule has 0 fully saturated rings. The molecule has 0 atom stereocenters. The van der Waals surface area contributed by atoms with Crippen molar-refractivity contribution < 1.29 is 4.79 Å². The van der Waals surface area contributed by atoms with Gasteiger partial charge in [-0.2, -0.15) is 5.10 Å². The molecule has 0 N–H and O–H groups in total. The maximum atomic E-state index is 12.3. The number of rotatable bonds is 0. The first-order chi connectivity index (χ1) is 8.36. The van der Waals surface area contributed by atoms with Crippen LogP contribution >= 0.6 is 0 Å². The molecule has 0 unspecified atom stereocenters. The third-order valence-corrected chi connectivity index (χ3v) is 3.17. The van der Waals surface area contributed by atoms with Crippen LogP contribution in [0.1, 0.15) is 16.1 Å². The zero-order chi connectivity index (χ0) is 11.4. The first kappa shape index (κ1) is 8.70. The number of ketones is 1. The monoisotopic (exact) mass is 220 g/mol. The molecule has 3 heteroatoms. The van der Waals surface area contributed by atoms with Crippen LogP contribution in [0.3, 0.4) is 0 Å². The summed E-state index contributed by atoms with van der Waals surface area (Å²) in [6.45, 7) is 0. The summed E-state index contributed by atoms with van der Waals surface area (Å²) in [5.74, 6) is 0.0642. The molecule has 3 aromatic rings. The van der Waals surface area contributed by atoms with E-state index in [0.717, 1.165) is 22.2 Å². The third kappa shape index (κ3) is 0.959. The van der Waals surface area contributed by atoms with Crippen LogP contribution in [0.2, 0.25) is 0 Å². The molecule has 0 saturated carbocycles. The van der Waals surface area contributed by atoms with Gasteiger partial charge >= 0.3 is 0 Å². The molecule has 0 bridgehead atoms. The first-order valence-corrected chi connectivity index (χ1v) is 5.48. The maximum absolute atomic E-state index is 12.3. The lowest BCUT2D eigenvalue weighted by atomic mass is 10.1. The highest BCUT2D eigenvalue weighted by atomic mass is 16.1. The Labute approximate surface area is 97.3 Å². The van der Waals surface area contributed by atoms with E-state index in [1.54, 1.807) is 4.68 Å². The lowest BCUT2D eigenvalue weighted by molar-refractivity contribution is 0.104. The largest absolute Gasteiger partial charge is 0.287 e. The molecule has 0 saturated heterocycles. The fourth-order valence-electron chi connectivity index (χ4n) is 2.40. The van der Waals surface area contributed by atoms with Crippen molar-refractivity contribution in [3.8, 4) is 5.69 Å². The van der Waals surface area contributed by atoms with Gasteiger partial charge in [-0.05, 0) is 18.2 Å². The molecule has 2 heterocycles. The number of carbonyl (C=O) groups is 1. The van der Waals surface area contributed by atoms with Crippen molar-refractivity contribution in [2.45, 2.75) is 0 Å². The van der Waals surface area contributed by atoms with Gasteiger partial charge < -0.3 is 0 Å². The highest BCUT2D eigenvalue weighted by Crippen LogP contribution is 2.31. The van der Waals surface area contributed by atoms with Gasteiger partial charge in [-0.3, -0.25) is 4.79 Å². The van der Waals surface area contributed by atoms with Crippen LogP contribution < -0.4 is 0 Å². The quantitative estimate of drug-likeness (QED) is 0.456. The van der Waals surface area contributed by atoms with Gasteiger partial charge in [-0.1, -0.05) is 30.3 Å². The van der Waals surface area contributed by atoms with Crippen LogP contribution in [0.15, 0.2) is 48.5 Å². The summed E-state index contributed by atoms with van der Waals surface area (Å²) in [6.07, 6.45) is 0. The van der Waals surface area contributed by atoms with Gasteiger partial charge in [0, 0.05) is 10.9 Å². The number of para-hydroxylation sites is 1. The van der Waals surface area contributed by atoms with Gasteiger partial charge in [0.1, 0.15) is 5.69 Å². The zero-order valence-corrected chi connectivity index (χ0v) is 8.92. The van der Waals surface area contributed by atoms with Crippen molar-refractivity contribution in [3.05, 3.63) is 59.8 Å². The minimum absolute atomic E-state index is 0.0642. The Bertz CT molecular complexity index is 771. The average Bonchev–Trinajstić information content (AvgIpc) is 2.88. The predicted octanol–water partition coefficient (Wildman–Crippen LogP) is 2.57. The van der Waals surface area contributed by atoms with Gasteiger partial charge in [0.2, 0.25) is 5.78 Å². The van der Waals surface area contributed by atoms with E-state index in [9.17, 15) is 4.79 Å². The minimum atomic E-state index is 0.0642. The molecule has 4 rings (SSSR count). The molecule has 1 aromatic heterocycles. The van der Waals surface area contributed by atoms with Crippen LogP contribution in [0.25, 0.3) is 16.6 Å².